The predicted molar refractivity (Wildman–Crippen MR) is 79.8 cm³/mol. The molecule has 1 saturated heterocycles. The molecule has 0 radical (unpaired) electrons. The fraction of sp³-hybridized carbons (Fsp3) is 0.643. The molecule has 2 amide bonds. The molecule has 0 saturated carbocycles. The summed E-state index contributed by atoms with van der Waals surface area (Å²) in [6.07, 6.45) is 3.94. The number of aryl methyl sites for hydroxylation is 1. The Kier molecular flexibility index (Phi) is 5.36. The van der Waals surface area contributed by atoms with E-state index in [0.29, 0.717) is 24.5 Å². The van der Waals surface area contributed by atoms with Gasteiger partial charge in [0.15, 0.2) is 5.15 Å². The van der Waals surface area contributed by atoms with E-state index in [9.17, 15) is 9.59 Å². The van der Waals surface area contributed by atoms with Crippen molar-refractivity contribution in [3.05, 3.63) is 16.7 Å². The normalized spacial score (nSPS) is 19.4. The van der Waals surface area contributed by atoms with Crippen LogP contribution in [0.25, 0.3) is 0 Å². The summed E-state index contributed by atoms with van der Waals surface area (Å²) in [5.74, 6) is 0.563. The van der Waals surface area contributed by atoms with E-state index in [4.69, 9.17) is 11.6 Å². The van der Waals surface area contributed by atoms with Crippen LogP contribution >= 0.6 is 11.6 Å². The molecular weight excluding hydrogens is 292 g/mol. The number of piperidine rings is 1. The summed E-state index contributed by atoms with van der Waals surface area (Å²) in [4.78, 5) is 32.0. The average molecular weight is 313 g/mol. The minimum absolute atomic E-state index is 0.125. The highest BCUT2D eigenvalue weighted by molar-refractivity contribution is 6.30. The second kappa shape index (κ2) is 7.04. The molecule has 1 fully saturated rings. The van der Waals surface area contributed by atoms with Crippen LogP contribution in [0.3, 0.4) is 0 Å². The van der Waals surface area contributed by atoms with E-state index in [0.717, 1.165) is 30.8 Å². The molecule has 116 valence electrons. The average Bonchev–Trinajstić information content (AvgIpc) is 2.82. The van der Waals surface area contributed by atoms with Gasteiger partial charge in [-0.2, -0.15) is 0 Å². The standard InChI is InChI=1S/C14H21ClN4O2/c1-3-4-5-11-17-10(13(15)18-11)8-16-9-6-7-12(20)19(2)14(9)21/h9,16H,3-8H2,1-2H3,(H,17,18). The Hall–Kier alpha value is -1.40. The molecular formula is C14H21ClN4O2. The van der Waals surface area contributed by atoms with Crippen LogP contribution in [0.5, 0.6) is 0 Å². The molecule has 0 spiro atoms. The molecule has 6 nitrogen and oxygen atoms in total. The number of imide groups is 1. The van der Waals surface area contributed by atoms with E-state index < -0.39 is 0 Å². The number of nitrogens with zero attached hydrogens (tertiary/aromatic N) is 2. The lowest BCUT2D eigenvalue weighted by molar-refractivity contribution is -0.148. The van der Waals surface area contributed by atoms with Gasteiger partial charge in [0, 0.05) is 26.4 Å². The molecule has 0 aliphatic carbocycles. The van der Waals surface area contributed by atoms with E-state index in [-0.39, 0.29) is 17.9 Å². The molecule has 1 aromatic heterocycles. The molecule has 7 heteroatoms. The number of amides is 2. The summed E-state index contributed by atoms with van der Waals surface area (Å²) in [6.45, 7) is 2.57. The first-order chi connectivity index (χ1) is 10.0. The van der Waals surface area contributed by atoms with Gasteiger partial charge in [-0.25, -0.2) is 4.98 Å². The Morgan fingerprint density at radius 2 is 2.24 bits per heavy atom. The zero-order valence-electron chi connectivity index (χ0n) is 12.4. The van der Waals surface area contributed by atoms with Crippen LogP contribution in [0.1, 0.15) is 44.1 Å². The summed E-state index contributed by atoms with van der Waals surface area (Å²) in [7, 11) is 1.52. The monoisotopic (exact) mass is 312 g/mol. The van der Waals surface area contributed by atoms with E-state index >= 15 is 0 Å². The highest BCUT2D eigenvalue weighted by atomic mass is 35.5. The van der Waals surface area contributed by atoms with Crippen molar-refractivity contribution in [3.63, 3.8) is 0 Å². The fourth-order valence-electron chi connectivity index (χ4n) is 2.35. The van der Waals surface area contributed by atoms with Gasteiger partial charge in [0.1, 0.15) is 5.82 Å². The number of likely N-dealkylation sites (N-methyl/N-ethyl adjacent to an activating group) is 1. The maximum absolute atomic E-state index is 12.0. The molecule has 0 bridgehead atoms. The number of carbonyl (C=O) groups is 2. The van der Waals surface area contributed by atoms with Gasteiger partial charge < -0.3 is 10.3 Å². The van der Waals surface area contributed by atoms with Gasteiger partial charge in [-0.15, -0.1) is 0 Å². The van der Waals surface area contributed by atoms with Gasteiger partial charge >= 0.3 is 0 Å². The molecule has 2 heterocycles. The van der Waals surface area contributed by atoms with Crippen molar-refractivity contribution in [1.82, 2.24) is 20.2 Å². The number of hydrogen-bond donors (Lipinski definition) is 2. The number of hydrogen-bond acceptors (Lipinski definition) is 4. The summed E-state index contributed by atoms with van der Waals surface area (Å²) >= 11 is 6.10. The summed E-state index contributed by atoms with van der Waals surface area (Å²) in [5.41, 5.74) is 0.787. The molecule has 0 aromatic carbocycles. The first-order valence-electron chi connectivity index (χ1n) is 7.30. The van der Waals surface area contributed by atoms with Gasteiger partial charge in [-0.3, -0.25) is 14.5 Å². The Balaban J connectivity index is 1.92. The number of nitrogens with one attached hydrogen (secondary N) is 2. The number of aromatic nitrogens is 2. The van der Waals surface area contributed by atoms with Gasteiger partial charge in [-0.05, 0) is 12.8 Å². The van der Waals surface area contributed by atoms with E-state index in [1.807, 2.05) is 0 Å². The van der Waals surface area contributed by atoms with Crippen molar-refractivity contribution in [2.75, 3.05) is 7.05 Å². The molecule has 1 aliphatic rings. The Bertz CT molecular complexity index is 529. The molecule has 2 N–H and O–H groups in total. The van der Waals surface area contributed by atoms with Crippen LogP contribution in [-0.4, -0.2) is 39.8 Å². The second-order valence-electron chi connectivity index (χ2n) is 5.32. The highest BCUT2D eigenvalue weighted by Crippen LogP contribution is 2.16. The smallest absolute Gasteiger partial charge is 0.246 e. The van der Waals surface area contributed by atoms with Crippen molar-refractivity contribution < 1.29 is 9.59 Å². The van der Waals surface area contributed by atoms with E-state index in [2.05, 4.69) is 22.2 Å². The summed E-state index contributed by atoms with van der Waals surface area (Å²) in [5, 5.41) is 3.60. The van der Waals surface area contributed by atoms with Crippen molar-refractivity contribution >= 4 is 23.4 Å². The highest BCUT2D eigenvalue weighted by Gasteiger charge is 2.31. The van der Waals surface area contributed by atoms with Gasteiger partial charge in [-0.1, -0.05) is 24.9 Å². The van der Waals surface area contributed by atoms with Gasteiger partial charge in [0.25, 0.3) is 0 Å². The van der Waals surface area contributed by atoms with Crippen molar-refractivity contribution in [3.8, 4) is 0 Å². The van der Waals surface area contributed by atoms with Crippen molar-refractivity contribution in [2.45, 2.75) is 51.6 Å². The first-order valence-corrected chi connectivity index (χ1v) is 7.67. The van der Waals surface area contributed by atoms with Gasteiger partial charge in [0.05, 0.1) is 11.7 Å². The minimum atomic E-state index is -0.342. The first kappa shape index (κ1) is 16.0. The maximum atomic E-state index is 12.0. The maximum Gasteiger partial charge on any atom is 0.246 e. The molecule has 1 atom stereocenters. The summed E-state index contributed by atoms with van der Waals surface area (Å²) in [6, 6.07) is -0.342. The number of likely N-dealkylation sites (tertiary alicyclic amines) is 1. The van der Waals surface area contributed by atoms with Crippen molar-refractivity contribution in [1.29, 1.82) is 0 Å². The second-order valence-corrected chi connectivity index (χ2v) is 5.68. The number of unbranched alkanes of at least 4 members (excludes halogenated alkanes) is 1. The lowest BCUT2D eigenvalue weighted by Crippen LogP contribution is -2.51. The molecule has 1 aromatic rings. The third kappa shape index (κ3) is 3.83. The third-order valence-corrected chi connectivity index (χ3v) is 4.03. The van der Waals surface area contributed by atoms with Crippen LogP contribution in [0.15, 0.2) is 0 Å². The fourth-order valence-corrected chi connectivity index (χ4v) is 2.57. The Morgan fingerprint density at radius 1 is 1.48 bits per heavy atom. The number of imidazole rings is 1. The Morgan fingerprint density at radius 3 is 2.95 bits per heavy atom. The van der Waals surface area contributed by atoms with Crippen LogP contribution in [-0.2, 0) is 22.6 Å². The number of halogens is 1. The van der Waals surface area contributed by atoms with Crippen molar-refractivity contribution in [2.24, 2.45) is 0 Å². The van der Waals surface area contributed by atoms with E-state index in [1.54, 1.807) is 0 Å². The van der Waals surface area contributed by atoms with Crippen LogP contribution in [0, 0.1) is 0 Å². The minimum Gasteiger partial charge on any atom is -0.344 e. The van der Waals surface area contributed by atoms with E-state index in [1.165, 1.54) is 11.9 Å². The van der Waals surface area contributed by atoms with Crippen LogP contribution in [0.2, 0.25) is 5.15 Å². The summed E-state index contributed by atoms with van der Waals surface area (Å²) < 4.78 is 0. The quantitative estimate of drug-likeness (QED) is 0.783. The molecule has 2 rings (SSSR count). The van der Waals surface area contributed by atoms with Gasteiger partial charge in [0.2, 0.25) is 11.8 Å². The van der Waals surface area contributed by atoms with Crippen LogP contribution < -0.4 is 5.32 Å². The lowest BCUT2D eigenvalue weighted by atomic mass is 10.0. The largest absolute Gasteiger partial charge is 0.344 e. The lowest BCUT2D eigenvalue weighted by Gasteiger charge is -2.28. The topological polar surface area (TPSA) is 78.1 Å². The number of rotatable bonds is 6. The SMILES string of the molecule is CCCCc1nc(Cl)c(CNC2CCC(=O)N(C)C2=O)[nH]1. The molecule has 1 aliphatic heterocycles. The number of carbonyl (C=O) groups excluding carboxylic acids is 2. The third-order valence-electron chi connectivity index (χ3n) is 3.72. The molecule has 1 unspecified atom stereocenters. The number of H-pyrrole nitrogens is 1. The van der Waals surface area contributed by atoms with Crippen LogP contribution in [0.4, 0.5) is 0 Å². The zero-order chi connectivity index (χ0) is 15.4. The Labute approximate surface area is 129 Å². The zero-order valence-corrected chi connectivity index (χ0v) is 13.2. The molecule has 21 heavy (non-hydrogen) atoms. The number of aromatic amines is 1. The predicted octanol–water partition coefficient (Wildman–Crippen LogP) is 1.64.